The van der Waals surface area contributed by atoms with Crippen molar-refractivity contribution in [1.29, 1.82) is 0 Å². The SMILES string of the molecule is O=C(CCCCCNC(=O)OCc1ccccc1)Oc1ccc2c(C(F)(F)F)cc(=O)oc2c1. The zero-order valence-electron chi connectivity index (χ0n) is 18.0. The molecule has 1 heterocycles. The predicted molar refractivity (Wildman–Crippen MR) is 116 cm³/mol. The van der Waals surface area contributed by atoms with E-state index >= 15 is 0 Å². The second-order valence-corrected chi connectivity index (χ2v) is 7.41. The second-order valence-electron chi connectivity index (χ2n) is 7.41. The molecule has 0 saturated heterocycles. The van der Waals surface area contributed by atoms with Gasteiger partial charge in [-0.05, 0) is 30.5 Å². The standard InChI is InChI=1S/C24H22F3NO6/c25-24(26,27)19-14-22(30)34-20-13-17(10-11-18(19)20)33-21(29)9-5-2-6-12-28-23(31)32-15-16-7-3-1-4-8-16/h1,3-4,7-8,10-11,13-14H,2,5-6,9,12,15H2,(H,28,31). The van der Waals surface area contributed by atoms with Gasteiger partial charge in [0.05, 0.1) is 5.56 Å². The van der Waals surface area contributed by atoms with Crippen molar-refractivity contribution >= 4 is 23.0 Å². The van der Waals surface area contributed by atoms with Crippen LogP contribution in [0.3, 0.4) is 0 Å². The number of unbranched alkanes of at least 4 members (excludes halogenated alkanes) is 2. The first-order valence-electron chi connectivity index (χ1n) is 10.5. The third kappa shape index (κ3) is 7.36. The van der Waals surface area contributed by atoms with Crippen molar-refractivity contribution in [2.45, 2.75) is 38.5 Å². The monoisotopic (exact) mass is 477 g/mol. The van der Waals surface area contributed by atoms with E-state index in [1.54, 1.807) is 0 Å². The van der Waals surface area contributed by atoms with Crippen LogP contribution in [0, 0.1) is 0 Å². The number of nitrogens with one attached hydrogen (secondary N) is 1. The fourth-order valence-electron chi connectivity index (χ4n) is 3.16. The van der Waals surface area contributed by atoms with Crippen LogP contribution in [0.5, 0.6) is 5.75 Å². The van der Waals surface area contributed by atoms with Gasteiger partial charge in [0.1, 0.15) is 17.9 Å². The minimum Gasteiger partial charge on any atom is -0.445 e. The average Bonchev–Trinajstić information content (AvgIpc) is 2.79. The van der Waals surface area contributed by atoms with E-state index in [2.05, 4.69) is 5.32 Å². The van der Waals surface area contributed by atoms with Crippen molar-refractivity contribution in [2.24, 2.45) is 0 Å². The second kappa shape index (κ2) is 11.4. The predicted octanol–water partition coefficient (Wildman–Crippen LogP) is 5.20. The number of benzene rings is 2. The van der Waals surface area contributed by atoms with Gasteiger partial charge >= 0.3 is 23.9 Å². The highest BCUT2D eigenvalue weighted by Gasteiger charge is 2.33. The molecule has 0 fully saturated rings. The Morgan fingerprint density at radius 1 is 0.971 bits per heavy atom. The molecule has 3 aromatic rings. The fourth-order valence-corrected chi connectivity index (χ4v) is 3.16. The third-order valence-electron chi connectivity index (χ3n) is 4.79. The summed E-state index contributed by atoms with van der Waals surface area (Å²) in [4.78, 5) is 35.1. The first kappa shape index (κ1) is 24.8. The van der Waals surface area contributed by atoms with Gasteiger partial charge in [-0.1, -0.05) is 36.8 Å². The van der Waals surface area contributed by atoms with E-state index in [9.17, 15) is 27.6 Å². The summed E-state index contributed by atoms with van der Waals surface area (Å²) in [6.45, 7) is 0.558. The molecule has 0 aliphatic carbocycles. The molecule has 7 nitrogen and oxygen atoms in total. The van der Waals surface area contributed by atoms with Gasteiger partial charge in [-0.15, -0.1) is 0 Å². The van der Waals surface area contributed by atoms with Crippen LogP contribution in [-0.2, 0) is 22.3 Å². The number of halogens is 3. The summed E-state index contributed by atoms with van der Waals surface area (Å²) in [6, 6.07) is 13.0. The van der Waals surface area contributed by atoms with E-state index in [0.717, 1.165) is 17.7 Å². The molecule has 1 N–H and O–H groups in total. The lowest BCUT2D eigenvalue weighted by atomic mass is 10.1. The van der Waals surface area contributed by atoms with Crippen molar-refractivity contribution in [2.75, 3.05) is 6.54 Å². The minimum absolute atomic E-state index is 0.0252. The number of rotatable bonds is 9. The summed E-state index contributed by atoms with van der Waals surface area (Å²) < 4.78 is 54.3. The molecule has 10 heteroatoms. The lowest BCUT2D eigenvalue weighted by Gasteiger charge is -2.10. The van der Waals surface area contributed by atoms with Crippen LogP contribution < -0.4 is 15.7 Å². The highest BCUT2D eigenvalue weighted by molar-refractivity contribution is 5.83. The van der Waals surface area contributed by atoms with E-state index in [0.29, 0.717) is 31.9 Å². The van der Waals surface area contributed by atoms with E-state index < -0.39 is 29.4 Å². The summed E-state index contributed by atoms with van der Waals surface area (Å²) >= 11 is 0. The summed E-state index contributed by atoms with van der Waals surface area (Å²) in [6.07, 6.45) is -3.44. The molecule has 0 unspecified atom stereocenters. The number of carbonyl (C=O) groups excluding carboxylic acids is 2. The lowest BCUT2D eigenvalue weighted by Crippen LogP contribution is -2.25. The molecule has 0 radical (unpaired) electrons. The molecule has 0 bridgehead atoms. The Hall–Kier alpha value is -3.82. The Morgan fingerprint density at radius 2 is 1.74 bits per heavy atom. The van der Waals surface area contributed by atoms with Crippen LogP contribution in [0.2, 0.25) is 0 Å². The van der Waals surface area contributed by atoms with Gasteiger partial charge in [0.15, 0.2) is 0 Å². The number of fused-ring (bicyclic) bond motifs is 1. The first-order valence-corrected chi connectivity index (χ1v) is 10.5. The first-order chi connectivity index (χ1) is 16.2. The van der Waals surface area contributed by atoms with Crippen LogP contribution in [0.25, 0.3) is 11.0 Å². The van der Waals surface area contributed by atoms with Crippen LogP contribution in [0.4, 0.5) is 18.0 Å². The Kier molecular flexibility index (Phi) is 8.29. The molecule has 0 spiro atoms. The Morgan fingerprint density at radius 3 is 2.47 bits per heavy atom. The summed E-state index contributed by atoms with van der Waals surface area (Å²) in [5.74, 6) is -0.605. The van der Waals surface area contributed by atoms with Gasteiger partial charge in [-0.2, -0.15) is 13.2 Å². The lowest BCUT2D eigenvalue weighted by molar-refractivity contribution is -0.137. The highest BCUT2D eigenvalue weighted by Crippen LogP contribution is 2.34. The van der Waals surface area contributed by atoms with E-state index in [1.807, 2.05) is 30.3 Å². The zero-order valence-corrected chi connectivity index (χ0v) is 18.0. The van der Waals surface area contributed by atoms with Gasteiger partial charge < -0.3 is 19.2 Å². The van der Waals surface area contributed by atoms with Gasteiger partial charge in [-0.25, -0.2) is 9.59 Å². The number of hydrogen-bond acceptors (Lipinski definition) is 6. The topological polar surface area (TPSA) is 94.8 Å². The number of alkyl carbamates (subject to hydrolysis) is 1. The molecule has 3 rings (SSSR count). The summed E-state index contributed by atoms with van der Waals surface area (Å²) in [5, 5.41) is 2.32. The van der Waals surface area contributed by atoms with Crippen molar-refractivity contribution in [3.8, 4) is 5.75 Å². The van der Waals surface area contributed by atoms with Crippen molar-refractivity contribution in [3.63, 3.8) is 0 Å². The molecular weight excluding hydrogens is 455 g/mol. The normalized spacial score (nSPS) is 11.3. The van der Waals surface area contributed by atoms with E-state index in [4.69, 9.17) is 13.9 Å². The highest BCUT2D eigenvalue weighted by atomic mass is 19.4. The van der Waals surface area contributed by atoms with Crippen molar-refractivity contribution < 1.29 is 36.7 Å². The maximum Gasteiger partial charge on any atom is 0.417 e. The number of carbonyl (C=O) groups is 2. The van der Waals surface area contributed by atoms with Gasteiger partial charge in [0.25, 0.3) is 0 Å². The fraction of sp³-hybridized carbons (Fsp3) is 0.292. The molecule has 1 amide bonds. The summed E-state index contributed by atoms with van der Waals surface area (Å²) in [5.41, 5.74) is -1.71. The smallest absolute Gasteiger partial charge is 0.417 e. The van der Waals surface area contributed by atoms with Crippen LogP contribution in [0.15, 0.2) is 63.8 Å². The minimum atomic E-state index is -4.72. The molecule has 0 aliphatic rings. The molecule has 1 aromatic heterocycles. The van der Waals surface area contributed by atoms with E-state index in [1.165, 1.54) is 6.07 Å². The molecule has 0 aliphatic heterocycles. The average molecular weight is 477 g/mol. The largest absolute Gasteiger partial charge is 0.445 e. The van der Waals surface area contributed by atoms with Crippen LogP contribution in [0.1, 0.15) is 36.8 Å². The number of amides is 1. The Bertz CT molecular complexity index is 1190. The van der Waals surface area contributed by atoms with Gasteiger partial charge in [-0.3, -0.25) is 4.79 Å². The molecule has 180 valence electrons. The molecule has 0 saturated carbocycles. The quantitative estimate of drug-likeness (QED) is 0.197. The molecule has 0 atom stereocenters. The Balaban J connectivity index is 1.38. The third-order valence-corrected chi connectivity index (χ3v) is 4.79. The van der Waals surface area contributed by atoms with Crippen molar-refractivity contribution in [3.05, 3.63) is 76.1 Å². The zero-order chi connectivity index (χ0) is 24.6. The van der Waals surface area contributed by atoms with Crippen molar-refractivity contribution in [1.82, 2.24) is 5.32 Å². The number of alkyl halides is 3. The molecule has 2 aromatic carbocycles. The van der Waals surface area contributed by atoms with Gasteiger partial charge in [0.2, 0.25) is 0 Å². The maximum absolute atomic E-state index is 13.1. The number of hydrogen-bond donors (Lipinski definition) is 1. The Labute approximate surface area is 192 Å². The number of esters is 1. The number of ether oxygens (including phenoxy) is 2. The van der Waals surface area contributed by atoms with Gasteiger partial charge in [0, 0.05) is 30.5 Å². The van der Waals surface area contributed by atoms with Crippen LogP contribution in [-0.4, -0.2) is 18.6 Å². The van der Waals surface area contributed by atoms with E-state index in [-0.39, 0.29) is 29.7 Å². The molecule has 34 heavy (non-hydrogen) atoms. The van der Waals surface area contributed by atoms with Crippen LogP contribution >= 0.6 is 0 Å². The maximum atomic E-state index is 13.1. The summed E-state index contributed by atoms with van der Waals surface area (Å²) in [7, 11) is 0. The molecular formula is C24H22F3NO6.